The Kier molecular flexibility index (Phi) is 5.25. The largest absolute Gasteiger partial charge is 0.381 e. The van der Waals surface area contributed by atoms with E-state index in [1.807, 2.05) is 20.8 Å². The Morgan fingerprint density at radius 3 is 2.71 bits per heavy atom. The maximum absolute atomic E-state index is 12.6. The van der Waals surface area contributed by atoms with Gasteiger partial charge < -0.3 is 14.6 Å². The summed E-state index contributed by atoms with van der Waals surface area (Å²) in [6.07, 6.45) is 1.71. The number of hydrogen-bond acceptors (Lipinski definition) is 7. The molecule has 1 amide bonds. The zero-order valence-corrected chi connectivity index (χ0v) is 14.9. The van der Waals surface area contributed by atoms with E-state index >= 15 is 0 Å². The van der Waals surface area contributed by atoms with Gasteiger partial charge in [0.25, 0.3) is 5.91 Å². The van der Waals surface area contributed by atoms with Crippen LogP contribution in [-0.4, -0.2) is 34.2 Å². The highest BCUT2D eigenvalue weighted by Crippen LogP contribution is 2.30. The summed E-state index contributed by atoms with van der Waals surface area (Å²) in [7, 11) is 0. The monoisotopic (exact) mass is 350 g/mol. The second-order valence-corrected chi connectivity index (χ2v) is 7.17. The van der Waals surface area contributed by atoms with E-state index in [-0.39, 0.29) is 23.8 Å². The Morgan fingerprint density at radius 2 is 2.12 bits per heavy atom. The smallest absolute Gasteiger partial charge is 0.263 e. The van der Waals surface area contributed by atoms with Gasteiger partial charge in [0.1, 0.15) is 10.9 Å². The summed E-state index contributed by atoms with van der Waals surface area (Å²) < 4.78 is 10.9. The maximum atomic E-state index is 12.6. The van der Waals surface area contributed by atoms with Crippen molar-refractivity contribution in [1.82, 2.24) is 20.4 Å². The molecule has 24 heavy (non-hydrogen) atoms. The van der Waals surface area contributed by atoms with Crippen molar-refractivity contribution < 1.29 is 14.1 Å². The van der Waals surface area contributed by atoms with Crippen molar-refractivity contribution in [2.24, 2.45) is 5.92 Å². The summed E-state index contributed by atoms with van der Waals surface area (Å²) in [5.41, 5.74) is 2.41. The topological polar surface area (TPSA) is 90.1 Å². The number of carbonyl (C=O) groups excluding carboxylic acids is 1. The quantitative estimate of drug-likeness (QED) is 0.892. The first-order valence-electron chi connectivity index (χ1n) is 8.18. The molecule has 3 heterocycles. The van der Waals surface area contributed by atoms with Crippen molar-refractivity contribution >= 4 is 17.2 Å². The molecule has 0 spiro atoms. The fourth-order valence-corrected chi connectivity index (χ4v) is 3.47. The lowest BCUT2D eigenvalue weighted by Crippen LogP contribution is -2.36. The summed E-state index contributed by atoms with van der Waals surface area (Å²) in [6.45, 7) is 7.22. The van der Waals surface area contributed by atoms with Crippen LogP contribution in [0.15, 0.2) is 10.0 Å². The minimum atomic E-state index is -0.303. The van der Waals surface area contributed by atoms with Gasteiger partial charge in [-0.1, -0.05) is 19.0 Å². The number of hydrogen-bond donors (Lipinski definition) is 1. The Bertz CT molecular complexity index is 691. The van der Waals surface area contributed by atoms with Crippen LogP contribution in [-0.2, 0) is 4.74 Å². The molecule has 0 aromatic carbocycles. The van der Waals surface area contributed by atoms with E-state index in [2.05, 4.69) is 20.4 Å². The molecular weight excluding hydrogens is 328 g/mol. The van der Waals surface area contributed by atoms with Crippen molar-refractivity contribution in [3.8, 4) is 0 Å². The maximum Gasteiger partial charge on any atom is 0.263 e. The van der Waals surface area contributed by atoms with E-state index in [1.54, 1.807) is 5.51 Å². The van der Waals surface area contributed by atoms with E-state index < -0.39 is 0 Å². The molecule has 2 aromatic rings. The Balaban J connectivity index is 1.83. The molecule has 0 unspecified atom stereocenters. The third-order valence-corrected chi connectivity index (χ3v) is 5.14. The van der Waals surface area contributed by atoms with Crippen molar-refractivity contribution in [2.75, 3.05) is 13.2 Å². The average molecular weight is 350 g/mol. The minimum absolute atomic E-state index is 0.143. The number of carbonyl (C=O) groups is 1. The van der Waals surface area contributed by atoms with Gasteiger partial charge in [-0.15, -0.1) is 11.3 Å². The SMILES string of the molecule is Cc1ncsc1C(=O)N[C@H](c1nc(C(C)C)no1)C1CCOCC1. The summed E-state index contributed by atoms with van der Waals surface area (Å²) in [5.74, 6) is 1.39. The molecule has 1 fully saturated rings. The molecule has 130 valence electrons. The lowest BCUT2D eigenvalue weighted by Gasteiger charge is -2.28. The number of ether oxygens (including phenoxy) is 1. The molecule has 7 nitrogen and oxygen atoms in total. The number of thiazole rings is 1. The van der Waals surface area contributed by atoms with E-state index in [0.717, 1.165) is 18.5 Å². The van der Waals surface area contributed by atoms with E-state index in [1.165, 1.54) is 11.3 Å². The third-order valence-electron chi connectivity index (χ3n) is 4.22. The second kappa shape index (κ2) is 7.40. The van der Waals surface area contributed by atoms with Gasteiger partial charge in [-0.25, -0.2) is 4.98 Å². The van der Waals surface area contributed by atoms with Crippen LogP contribution in [0.1, 0.15) is 65.7 Å². The van der Waals surface area contributed by atoms with Crippen LogP contribution in [0.2, 0.25) is 0 Å². The number of aryl methyl sites for hydroxylation is 1. The van der Waals surface area contributed by atoms with Crippen molar-refractivity contribution in [3.05, 3.63) is 27.8 Å². The standard InChI is InChI=1S/C16H22N4O3S/c1-9(2)14-19-16(23-20-14)12(11-4-6-22-7-5-11)18-15(21)13-10(3)17-8-24-13/h8-9,11-12H,4-7H2,1-3H3,(H,18,21)/t12-/m0/s1. The highest BCUT2D eigenvalue weighted by Gasteiger charge is 2.32. The Hall–Kier alpha value is -1.80. The molecule has 1 saturated heterocycles. The van der Waals surface area contributed by atoms with Crippen molar-refractivity contribution in [1.29, 1.82) is 0 Å². The highest BCUT2D eigenvalue weighted by atomic mass is 32.1. The molecule has 8 heteroatoms. The molecule has 1 aliphatic heterocycles. The van der Waals surface area contributed by atoms with Crippen molar-refractivity contribution in [2.45, 2.75) is 45.6 Å². The number of rotatable bonds is 5. The molecule has 3 rings (SSSR count). The van der Waals surface area contributed by atoms with Crippen LogP contribution < -0.4 is 5.32 Å². The number of aromatic nitrogens is 3. The molecule has 2 aromatic heterocycles. The molecule has 1 aliphatic rings. The fraction of sp³-hybridized carbons (Fsp3) is 0.625. The van der Waals surface area contributed by atoms with E-state index in [0.29, 0.717) is 29.8 Å². The fourth-order valence-electron chi connectivity index (χ4n) is 2.77. The van der Waals surface area contributed by atoms with Crippen LogP contribution in [0.25, 0.3) is 0 Å². The molecule has 0 aliphatic carbocycles. The second-order valence-electron chi connectivity index (χ2n) is 6.31. The number of nitrogens with one attached hydrogen (secondary N) is 1. The van der Waals surface area contributed by atoms with Gasteiger partial charge in [0, 0.05) is 19.1 Å². The van der Waals surface area contributed by atoms with Gasteiger partial charge in [0.05, 0.1) is 11.2 Å². The van der Waals surface area contributed by atoms with Crippen LogP contribution in [0, 0.1) is 12.8 Å². The Labute approximate surface area is 144 Å². The summed E-state index contributed by atoms with van der Waals surface area (Å²) in [5, 5.41) is 7.12. The highest BCUT2D eigenvalue weighted by molar-refractivity contribution is 7.11. The molecule has 0 bridgehead atoms. The number of nitrogens with zero attached hydrogens (tertiary/aromatic N) is 3. The van der Waals surface area contributed by atoms with Gasteiger partial charge in [0.15, 0.2) is 5.82 Å². The van der Waals surface area contributed by atoms with Gasteiger partial charge in [-0.05, 0) is 25.7 Å². The normalized spacial score (nSPS) is 17.2. The van der Waals surface area contributed by atoms with Crippen LogP contribution in [0.5, 0.6) is 0 Å². The predicted octanol–water partition coefficient (Wildman–Crippen LogP) is 2.86. The van der Waals surface area contributed by atoms with E-state index in [4.69, 9.17) is 9.26 Å². The van der Waals surface area contributed by atoms with Crippen molar-refractivity contribution in [3.63, 3.8) is 0 Å². The molecule has 1 atom stereocenters. The Morgan fingerprint density at radius 1 is 1.38 bits per heavy atom. The lowest BCUT2D eigenvalue weighted by molar-refractivity contribution is 0.0468. The first-order valence-corrected chi connectivity index (χ1v) is 9.06. The van der Waals surface area contributed by atoms with Crippen LogP contribution >= 0.6 is 11.3 Å². The van der Waals surface area contributed by atoms with Gasteiger partial charge in [0.2, 0.25) is 5.89 Å². The van der Waals surface area contributed by atoms with Gasteiger partial charge in [-0.3, -0.25) is 4.79 Å². The van der Waals surface area contributed by atoms with Gasteiger partial charge >= 0.3 is 0 Å². The first kappa shape index (κ1) is 17.0. The molecular formula is C16H22N4O3S. The van der Waals surface area contributed by atoms with Crippen LogP contribution in [0.4, 0.5) is 0 Å². The first-order chi connectivity index (χ1) is 11.6. The summed E-state index contributed by atoms with van der Waals surface area (Å²) in [6, 6.07) is -0.303. The zero-order chi connectivity index (χ0) is 17.1. The average Bonchev–Trinajstić information content (AvgIpc) is 3.22. The summed E-state index contributed by atoms with van der Waals surface area (Å²) in [4.78, 5) is 21.9. The minimum Gasteiger partial charge on any atom is -0.381 e. The molecule has 0 saturated carbocycles. The lowest BCUT2D eigenvalue weighted by atomic mass is 9.91. The van der Waals surface area contributed by atoms with Crippen LogP contribution in [0.3, 0.4) is 0 Å². The van der Waals surface area contributed by atoms with Gasteiger partial charge in [-0.2, -0.15) is 4.98 Å². The third kappa shape index (κ3) is 3.64. The molecule has 0 radical (unpaired) electrons. The number of amides is 1. The summed E-state index contributed by atoms with van der Waals surface area (Å²) >= 11 is 1.34. The predicted molar refractivity (Wildman–Crippen MR) is 89.0 cm³/mol. The molecule has 1 N–H and O–H groups in total. The van der Waals surface area contributed by atoms with E-state index in [9.17, 15) is 4.79 Å². The zero-order valence-electron chi connectivity index (χ0n) is 14.1.